The average Bonchev–Trinajstić information content (AvgIpc) is 2.81. The summed E-state index contributed by atoms with van der Waals surface area (Å²) in [6, 6.07) is 1.60. The summed E-state index contributed by atoms with van der Waals surface area (Å²) in [6.45, 7) is 5.19. The average molecular weight is 331 g/mol. The van der Waals surface area contributed by atoms with Crippen LogP contribution in [0, 0.1) is 0 Å². The molecule has 0 saturated heterocycles. The van der Waals surface area contributed by atoms with Crippen molar-refractivity contribution < 1.29 is 14.0 Å². The van der Waals surface area contributed by atoms with E-state index in [1.54, 1.807) is 6.07 Å². The molecule has 1 heterocycles. The third kappa shape index (κ3) is 4.70. The minimum Gasteiger partial charge on any atom is -0.457 e. The Labute approximate surface area is 121 Å². The monoisotopic (exact) mass is 330 g/mol. The normalized spacial score (nSPS) is 10.3. The van der Waals surface area contributed by atoms with Gasteiger partial charge in [0, 0.05) is 13.1 Å². The van der Waals surface area contributed by atoms with Crippen LogP contribution in [0.25, 0.3) is 0 Å². The van der Waals surface area contributed by atoms with E-state index in [2.05, 4.69) is 21.2 Å². The molecule has 0 aromatic carbocycles. The van der Waals surface area contributed by atoms with Crippen molar-refractivity contribution in [1.29, 1.82) is 0 Å². The molecule has 1 aromatic heterocycles. The van der Waals surface area contributed by atoms with Gasteiger partial charge in [0.05, 0.1) is 18.4 Å². The van der Waals surface area contributed by atoms with Crippen molar-refractivity contribution in [2.75, 3.05) is 19.6 Å². The fraction of sp³-hybridized carbons (Fsp3) is 0.538. The molecule has 19 heavy (non-hydrogen) atoms. The van der Waals surface area contributed by atoms with Crippen LogP contribution in [0.4, 0.5) is 0 Å². The number of carbonyl (C=O) groups is 2. The maximum absolute atomic E-state index is 12.3. The zero-order chi connectivity index (χ0) is 14.3. The Morgan fingerprint density at radius 1 is 1.37 bits per heavy atom. The molecule has 106 valence electrons. The van der Waals surface area contributed by atoms with E-state index in [0.717, 1.165) is 12.8 Å². The van der Waals surface area contributed by atoms with Gasteiger partial charge in [0.2, 0.25) is 5.91 Å². The van der Waals surface area contributed by atoms with Crippen LogP contribution in [0.3, 0.4) is 0 Å². The predicted octanol–water partition coefficient (Wildman–Crippen LogP) is 2.42. The van der Waals surface area contributed by atoms with Gasteiger partial charge in [-0.15, -0.1) is 0 Å². The zero-order valence-electron chi connectivity index (χ0n) is 11.2. The molecule has 2 amide bonds. The van der Waals surface area contributed by atoms with Crippen LogP contribution in [-0.4, -0.2) is 36.3 Å². The van der Waals surface area contributed by atoms with Crippen molar-refractivity contribution in [2.24, 2.45) is 0 Å². The molecule has 0 bridgehead atoms. The molecule has 6 heteroatoms. The van der Waals surface area contributed by atoms with Gasteiger partial charge in [-0.2, -0.15) is 0 Å². The van der Waals surface area contributed by atoms with E-state index >= 15 is 0 Å². The summed E-state index contributed by atoms with van der Waals surface area (Å²) >= 11 is 3.18. The van der Waals surface area contributed by atoms with E-state index in [9.17, 15) is 9.59 Å². The Morgan fingerprint density at radius 2 is 2.11 bits per heavy atom. The Morgan fingerprint density at radius 3 is 2.63 bits per heavy atom. The summed E-state index contributed by atoms with van der Waals surface area (Å²) in [4.78, 5) is 25.5. The molecule has 0 aliphatic carbocycles. The van der Waals surface area contributed by atoms with Crippen LogP contribution >= 0.6 is 15.9 Å². The number of carbonyl (C=O) groups excluding carboxylic acids is 2. The van der Waals surface area contributed by atoms with Crippen molar-refractivity contribution in [3.63, 3.8) is 0 Å². The molecule has 0 aliphatic rings. The third-order valence-electron chi connectivity index (χ3n) is 2.54. The van der Waals surface area contributed by atoms with Crippen LogP contribution in [0.5, 0.6) is 0 Å². The maximum Gasteiger partial charge on any atom is 0.258 e. The number of amides is 2. The number of furan rings is 1. The summed E-state index contributed by atoms with van der Waals surface area (Å²) < 4.78 is 5.45. The molecule has 1 rings (SSSR count). The van der Waals surface area contributed by atoms with Gasteiger partial charge in [0.15, 0.2) is 4.67 Å². The van der Waals surface area contributed by atoms with E-state index in [0.29, 0.717) is 23.3 Å². The van der Waals surface area contributed by atoms with E-state index in [4.69, 9.17) is 4.42 Å². The lowest BCUT2D eigenvalue weighted by Gasteiger charge is -2.21. The summed E-state index contributed by atoms with van der Waals surface area (Å²) in [5, 5.41) is 2.77. The Kier molecular flexibility index (Phi) is 6.62. The molecule has 0 radical (unpaired) electrons. The summed E-state index contributed by atoms with van der Waals surface area (Å²) in [5.41, 5.74) is 0.441. The highest BCUT2D eigenvalue weighted by Crippen LogP contribution is 2.19. The number of halogens is 1. The highest BCUT2D eigenvalue weighted by Gasteiger charge is 2.21. The molecule has 0 spiro atoms. The fourth-order valence-electron chi connectivity index (χ4n) is 1.63. The lowest BCUT2D eigenvalue weighted by Crippen LogP contribution is -2.41. The van der Waals surface area contributed by atoms with Crippen LogP contribution in [0.15, 0.2) is 21.4 Å². The second-order valence-corrected chi connectivity index (χ2v) is 4.90. The Bertz CT molecular complexity index is 431. The van der Waals surface area contributed by atoms with Gasteiger partial charge in [-0.05, 0) is 34.8 Å². The van der Waals surface area contributed by atoms with Crippen LogP contribution < -0.4 is 5.32 Å². The summed E-state index contributed by atoms with van der Waals surface area (Å²) in [6.07, 6.45) is 3.11. The van der Waals surface area contributed by atoms with Gasteiger partial charge in [-0.1, -0.05) is 13.8 Å². The van der Waals surface area contributed by atoms with E-state index in [1.807, 2.05) is 13.8 Å². The lowest BCUT2D eigenvalue weighted by atomic mass is 10.2. The summed E-state index contributed by atoms with van der Waals surface area (Å²) in [7, 11) is 0. The molecule has 1 N–H and O–H groups in total. The van der Waals surface area contributed by atoms with Gasteiger partial charge in [0.25, 0.3) is 5.91 Å². The van der Waals surface area contributed by atoms with Crippen LogP contribution in [0.1, 0.15) is 37.0 Å². The van der Waals surface area contributed by atoms with Crippen LogP contribution in [0.2, 0.25) is 0 Å². The molecule has 0 fully saturated rings. The smallest absolute Gasteiger partial charge is 0.258 e. The minimum atomic E-state index is -0.200. The lowest BCUT2D eigenvalue weighted by molar-refractivity contribution is -0.121. The van der Waals surface area contributed by atoms with E-state index in [-0.39, 0.29) is 18.4 Å². The zero-order valence-corrected chi connectivity index (χ0v) is 12.8. The fourth-order valence-corrected chi connectivity index (χ4v) is 2.04. The molecule has 5 nitrogen and oxygen atoms in total. The first-order chi connectivity index (χ1) is 9.10. The van der Waals surface area contributed by atoms with Crippen LogP contribution in [-0.2, 0) is 4.79 Å². The number of hydrogen-bond donors (Lipinski definition) is 1. The number of nitrogens with one attached hydrogen (secondary N) is 1. The summed E-state index contributed by atoms with van der Waals surface area (Å²) in [5.74, 6) is -0.336. The molecule has 0 saturated carbocycles. The first kappa shape index (κ1) is 15.8. The highest BCUT2D eigenvalue weighted by atomic mass is 79.9. The maximum atomic E-state index is 12.3. The first-order valence-electron chi connectivity index (χ1n) is 6.39. The number of nitrogens with zero attached hydrogens (tertiary/aromatic N) is 1. The number of rotatable bonds is 7. The molecule has 0 aliphatic heterocycles. The van der Waals surface area contributed by atoms with Gasteiger partial charge in [-0.25, -0.2) is 0 Å². The SMILES string of the molecule is CCCNC(=O)CN(CCC)C(=O)c1ccoc1Br. The predicted molar refractivity (Wildman–Crippen MR) is 75.9 cm³/mol. The molecular weight excluding hydrogens is 312 g/mol. The van der Waals surface area contributed by atoms with Gasteiger partial charge in [0.1, 0.15) is 0 Å². The molecular formula is C13H19BrN2O3. The molecule has 0 unspecified atom stereocenters. The largest absolute Gasteiger partial charge is 0.457 e. The highest BCUT2D eigenvalue weighted by molar-refractivity contribution is 9.10. The van der Waals surface area contributed by atoms with Crippen molar-refractivity contribution in [3.05, 3.63) is 22.6 Å². The first-order valence-corrected chi connectivity index (χ1v) is 7.18. The van der Waals surface area contributed by atoms with E-state index in [1.165, 1.54) is 11.2 Å². The quantitative estimate of drug-likeness (QED) is 0.835. The second kappa shape index (κ2) is 7.99. The third-order valence-corrected chi connectivity index (χ3v) is 3.15. The molecule has 1 aromatic rings. The number of hydrogen-bond acceptors (Lipinski definition) is 3. The Balaban J connectivity index is 2.69. The standard InChI is InChI=1S/C13H19BrN2O3/c1-3-6-15-11(17)9-16(7-4-2)13(18)10-5-8-19-12(10)14/h5,8H,3-4,6-7,9H2,1-2H3,(H,15,17). The minimum absolute atomic E-state index is 0.0737. The van der Waals surface area contributed by atoms with Gasteiger partial charge < -0.3 is 14.6 Å². The second-order valence-electron chi connectivity index (χ2n) is 4.18. The van der Waals surface area contributed by atoms with Gasteiger partial charge in [-0.3, -0.25) is 9.59 Å². The van der Waals surface area contributed by atoms with Crippen molar-refractivity contribution in [2.45, 2.75) is 26.7 Å². The van der Waals surface area contributed by atoms with Crippen molar-refractivity contribution in [3.8, 4) is 0 Å². The Hall–Kier alpha value is -1.30. The topological polar surface area (TPSA) is 62.6 Å². The molecule has 0 atom stereocenters. The van der Waals surface area contributed by atoms with Crippen molar-refractivity contribution in [1.82, 2.24) is 10.2 Å². The van der Waals surface area contributed by atoms with Gasteiger partial charge >= 0.3 is 0 Å². The van der Waals surface area contributed by atoms with Crippen molar-refractivity contribution >= 4 is 27.7 Å². The van der Waals surface area contributed by atoms with E-state index < -0.39 is 0 Å².